The number of carbonyl (C=O) groups is 1. The Hall–Kier alpha value is -3.55. The number of hydrogen-bond donors (Lipinski definition) is 0. The summed E-state index contributed by atoms with van der Waals surface area (Å²) in [6.45, 7) is 1.78. The van der Waals surface area contributed by atoms with Crippen LogP contribution in [0.15, 0.2) is 47.5 Å². The lowest BCUT2D eigenvalue weighted by Gasteiger charge is -2.09. The Morgan fingerprint density at radius 2 is 2.04 bits per heavy atom. The molecule has 136 valence electrons. The summed E-state index contributed by atoms with van der Waals surface area (Å²) in [5.74, 6) is -0.911. The number of methoxy groups -OCH3 is 1. The maximum Gasteiger partial charge on any atom is 0.343 e. The highest BCUT2D eigenvalue weighted by molar-refractivity contribution is 5.98. The molecule has 0 bridgehead atoms. The topological polar surface area (TPSA) is 78.5 Å². The number of hydrogen-bond acceptors (Lipinski definition) is 5. The number of pyridine rings is 1. The Morgan fingerprint density at radius 3 is 2.78 bits per heavy atom. The number of rotatable bonds is 3. The molecule has 0 spiro atoms. The number of esters is 1. The van der Waals surface area contributed by atoms with Crippen molar-refractivity contribution in [3.63, 3.8) is 0 Å². The first kappa shape index (κ1) is 16.9. The van der Waals surface area contributed by atoms with E-state index in [1.807, 2.05) is 0 Å². The van der Waals surface area contributed by atoms with Gasteiger partial charge in [0.1, 0.15) is 11.4 Å². The SMILES string of the molecule is COC(=O)c1c(C)nn2c1ncc1c(=O)n(Cc3ccccc3F)ccc12. The summed E-state index contributed by atoms with van der Waals surface area (Å²) in [7, 11) is 1.29. The molecule has 8 heteroatoms. The first-order chi connectivity index (χ1) is 13.0. The van der Waals surface area contributed by atoms with Gasteiger partial charge in [0.15, 0.2) is 5.65 Å². The molecule has 0 saturated carbocycles. The van der Waals surface area contributed by atoms with Gasteiger partial charge in [-0.15, -0.1) is 0 Å². The Bertz CT molecular complexity index is 1260. The van der Waals surface area contributed by atoms with Crippen molar-refractivity contribution in [2.45, 2.75) is 13.5 Å². The van der Waals surface area contributed by atoms with Crippen molar-refractivity contribution in [2.75, 3.05) is 7.11 Å². The van der Waals surface area contributed by atoms with Crippen LogP contribution < -0.4 is 5.56 Å². The molecule has 0 aliphatic carbocycles. The van der Waals surface area contributed by atoms with Gasteiger partial charge in [-0.3, -0.25) is 4.79 Å². The Labute approximate surface area is 152 Å². The van der Waals surface area contributed by atoms with Crippen LogP contribution in [0.25, 0.3) is 16.6 Å². The molecule has 0 radical (unpaired) electrons. The standard InChI is InChI=1S/C19H15FN4O3/c1-11-16(19(26)27-2)17-21-9-13-15(24(17)22-11)7-8-23(18(13)25)10-12-5-3-4-6-14(12)20/h3-9H,10H2,1-2H3. The Kier molecular flexibility index (Phi) is 3.95. The second-order valence-electron chi connectivity index (χ2n) is 6.08. The number of ether oxygens (including phenoxy) is 1. The molecule has 7 nitrogen and oxygen atoms in total. The van der Waals surface area contributed by atoms with Gasteiger partial charge in [-0.1, -0.05) is 18.2 Å². The van der Waals surface area contributed by atoms with Gasteiger partial charge in [-0.2, -0.15) is 5.10 Å². The Balaban J connectivity index is 1.90. The van der Waals surface area contributed by atoms with Gasteiger partial charge in [-0.25, -0.2) is 18.7 Å². The third-order valence-corrected chi connectivity index (χ3v) is 4.45. The predicted octanol–water partition coefficient (Wildman–Crippen LogP) is 2.33. The van der Waals surface area contributed by atoms with Crippen molar-refractivity contribution < 1.29 is 13.9 Å². The van der Waals surface area contributed by atoms with Crippen LogP contribution in [0.1, 0.15) is 21.6 Å². The van der Waals surface area contributed by atoms with E-state index in [1.54, 1.807) is 37.4 Å². The summed E-state index contributed by atoms with van der Waals surface area (Å²) in [6, 6.07) is 8.00. The quantitative estimate of drug-likeness (QED) is 0.520. The minimum atomic E-state index is -0.540. The maximum absolute atomic E-state index is 13.9. The number of aryl methyl sites for hydroxylation is 1. The number of fused-ring (bicyclic) bond motifs is 3. The van der Waals surface area contributed by atoms with Crippen LogP contribution in [0.4, 0.5) is 4.39 Å². The number of aromatic nitrogens is 4. The summed E-state index contributed by atoms with van der Waals surface area (Å²) >= 11 is 0. The molecule has 0 unspecified atom stereocenters. The zero-order valence-electron chi connectivity index (χ0n) is 14.6. The highest BCUT2D eigenvalue weighted by Gasteiger charge is 2.21. The molecule has 3 aromatic heterocycles. The fourth-order valence-corrected chi connectivity index (χ4v) is 3.09. The molecule has 27 heavy (non-hydrogen) atoms. The van der Waals surface area contributed by atoms with Crippen molar-refractivity contribution >= 4 is 22.5 Å². The van der Waals surface area contributed by atoms with E-state index in [0.717, 1.165) is 0 Å². The number of benzene rings is 1. The minimum Gasteiger partial charge on any atom is -0.465 e. The van der Waals surface area contributed by atoms with Crippen LogP contribution >= 0.6 is 0 Å². The maximum atomic E-state index is 13.9. The second kappa shape index (κ2) is 6.31. The molecule has 1 aromatic carbocycles. The van der Waals surface area contributed by atoms with Gasteiger partial charge in [0.25, 0.3) is 5.56 Å². The van der Waals surface area contributed by atoms with Crippen LogP contribution in [-0.4, -0.2) is 32.2 Å². The van der Waals surface area contributed by atoms with Gasteiger partial charge in [-0.05, 0) is 19.1 Å². The monoisotopic (exact) mass is 366 g/mol. The highest BCUT2D eigenvalue weighted by atomic mass is 19.1. The molecule has 3 heterocycles. The van der Waals surface area contributed by atoms with Crippen LogP contribution in [0, 0.1) is 12.7 Å². The Morgan fingerprint density at radius 1 is 1.26 bits per heavy atom. The molecule has 0 aliphatic rings. The predicted molar refractivity (Wildman–Crippen MR) is 96.3 cm³/mol. The van der Waals surface area contributed by atoms with Crippen LogP contribution in [0.3, 0.4) is 0 Å². The summed E-state index contributed by atoms with van der Waals surface area (Å²) in [6.07, 6.45) is 2.98. The number of halogens is 1. The molecule has 0 amide bonds. The van der Waals surface area contributed by atoms with Crippen molar-refractivity contribution in [2.24, 2.45) is 0 Å². The molecule has 0 aliphatic heterocycles. The number of carbonyl (C=O) groups excluding carboxylic acids is 1. The zero-order chi connectivity index (χ0) is 19.1. The smallest absolute Gasteiger partial charge is 0.343 e. The summed E-state index contributed by atoms with van der Waals surface area (Å²) in [5.41, 5.74) is 1.63. The van der Waals surface area contributed by atoms with E-state index in [0.29, 0.717) is 27.8 Å². The molecule has 4 aromatic rings. The van der Waals surface area contributed by atoms with E-state index < -0.39 is 5.97 Å². The summed E-state index contributed by atoms with van der Waals surface area (Å²) < 4.78 is 21.5. The van der Waals surface area contributed by atoms with E-state index in [1.165, 1.54) is 28.5 Å². The van der Waals surface area contributed by atoms with Crippen molar-refractivity contribution in [3.8, 4) is 0 Å². The van der Waals surface area contributed by atoms with Gasteiger partial charge in [0.2, 0.25) is 0 Å². The highest BCUT2D eigenvalue weighted by Crippen LogP contribution is 2.19. The van der Waals surface area contributed by atoms with Crippen molar-refractivity contribution in [1.29, 1.82) is 0 Å². The zero-order valence-corrected chi connectivity index (χ0v) is 14.6. The summed E-state index contributed by atoms with van der Waals surface area (Å²) in [4.78, 5) is 29.1. The molecule has 0 N–H and O–H groups in total. The van der Waals surface area contributed by atoms with Crippen molar-refractivity contribution in [1.82, 2.24) is 19.2 Å². The van der Waals surface area contributed by atoms with E-state index in [-0.39, 0.29) is 23.5 Å². The van der Waals surface area contributed by atoms with Crippen LogP contribution in [0.5, 0.6) is 0 Å². The molecule has 0 fully saturated rings. The molecule has 0 saturated heterocycles. The lowest BCUT2D eigenvalue weighted by molar-refractivity contribution is 0.0602. The lowest BCUT2D eigenvalue weighted by atomic mass is 10.2. The average molecular weight is 366 g/mol. The first-order valence-corrected chi connectivity index (χ1v) is 8.20. The van der Waals surface area contributed by atoms with Crippen LogP contribution in [0.2, 0.25) is 0 Å². The molecule has 0 atom stereocenters. The van der Waals surface area contributed by atoms with Gasteiger partial charge in [0.05, 0.1) is 30.3 Å². The largest absolute Gasteiger partial charge is 0.465 e. The van der Waals surface area contributed by atoms with Crippen molar-refractivity contribution in [3.05, 3.63) is 75.7 Å². The second-order valence-corrected chi connectivity index (χ2v) is 6.08. The molecular weight excluding hydrogens is 351 g/mol. The third kappa shape index (κ3) is 2.66. The van der Waals surface area contributed by atoms with E-state index in [4.69, 9.17) is 4.74 Å². The van der Waals surface area contributed by atoms with E-state index >= 15 is 0 Å². The van der Waals surface area contributed by atoms with Gasteiger partial charge in [0, 0.05) is 18.0 Å². The van der Waals surface area contributed by atoms with E-state index in [9.17, 15) is 14.0 Å². The minimum absolute atomic E-state index is 0.102. The first-order valence-electron chi connectivity index (χ1n) is 8.20. The normalized spacial score (nSPS) is 11.2. The number of nitrogens with zero attached hydrogens (tertiary/aromatic N) is 4. The fraction of sp³-hybridized carbons (Fsp3) is 0.158. The van der Waals surface area contributed by atoms with Gasteiger partial charge < -0.3 is 9.30 Å². The van der Waals surface area contributed by atoms with Gasteiger partial charge >= 0.3 is 5.97 Å². The van der Waals surface area contributed by atoms with E-state index in [2.05, 4.69) is 10.1 Å². The lowest BCUT2D eigenvalue weighted by Crippen LogP contribution is -2.21. The molecule has 4 rings (SSSR count). The fourth-order valence-electron chi connectivity index (χ4n) is 3.09. The summed E-state index contributed by atoms with van der Waals surface area (Å²) in [5, 5.41) is 4.64. The van der Waals surface area contributed by atoms with Crippen LogP contribution in [-0.2, 0) is 11.3 Å². The average Bonchev–Trinajstić information content (AvgIpc) is 3.01. The third-order valence-electron chi connectivity index (χ3n) is 4.45. The molecular formula is C19H15FN4O3.